The highest BCUT2D eigenvalue weighted by Gasteiger charge is 2.23. The summed E-state index contributed by atoms with van der Waals surface area (Å²) in [6.07, 6.45) is 1.91. The third-order valence-electron chi connectivity index (χ3n) is 6.28. The molecule has 2 N–H and O–H groups in total. The number of nitrogens with one attached hydrogen (secondary N) is 2. The van der Waals surface area contributed by atoms with E-state index < -0.39 is 6.09 Å². The van der Waals surface area contributed by atoms with E-state index in [9.17, 15) is 9.59 Å². The van der Waals surface area contributed by atoms with E-state index in [2.05, 4.69) is 27.7 Å². The van der Waals surface area contributed by atoms with Crippen molar-refractivity contribution in [1.29, 1.82) is 0 Å². The molecule has 5 rings (SSSR count). The fourth-order valence-electron chi connectivity index (χ4n) is 4.19. The zero-order valence-corrected chi connectivity index (χ0v) is 19.5. The fourth-order valence-corrected chi connectivity index (χ4v) is 4.19. The van der Waals surface area contributed by atoms with Crippen molar-refractivity contribution in [3.05, 3.63) is 89.5 Å². The molecule has 3 aromatic carbocycles. The number of nitrogens with zero attached hydrogens (tertiary/aromatic N) is 1. The summed E-state index contributed by atoms with van der Waals surface area (Å²) >= 11 is 0. The molecule has 0 bridgehead atoms. The summed E-state index contributed by atoms with van der Waals surface area (Å²) < 4.78 is 10.9. The number of hydrogen-bond donors (Lipinski definition) is 2. The number of anilines is 3. The second-order valence-electron chi connectivity index (χ2n) is 8.87. The van der Waals surface area contributed by atoms with Crippen molar-refractivity contribution in [2.75, 3.05) is 41.8 Å². The van der Waals surface area contributed by atoms with Crippen molar-refractivity contribution in [2.45, 2.75) is 25.4 Å². The number of hydrogen-bond acceptors (Lipinski definition) is 5. The zero-order valence-electron chi connectivity index (χ0n) is 19.5. The third-order valence-corrected chi connectivity index (χ3v) is 6.28. The second-order valence-corrected chi connectivity index (χ2v) is 8.87. The molecule has 0 radical (unpaired) electrons. The second kappa shape index (κ2) is 10.6. The number of carbonyl (C=O) groups excluding carboxylic acids is 2. The van der Waals surface area contributed by atoms with Gasteiger partial charge in [0.15, 0.2) is 0 Å². The first-order chi connectivity index (χ1) is 17.2. The average molecular weight is 472 g/mol. The van der Waals surface area contributed by atoms with Crippen LogP contribution in [0.1, 0.15) is 40.2 Å². The molecule has 7 nitrogen and oxygen atoms in total. The quantitative estimate of drug-likeness (QED) is 0.482. The number of amides is 2. The Morgan fingerprint density at radius 3 is 2.37 bits per heavy atom. The molecule has 2 amide bonds. The molecule has 2 fully saturated rings. The van der Waals surface area contributed by atoms with Gasteiger partial charge in [-0.3, -0.25) is 10.1 Å². The van der Waals surface area contributed by atoms with E-state index in [1.54, 1.807) is 12.1 Å². The lowest BCUT2D eigenvalue weighted by molar-refractivity contribution is 0.102. The van der Waals surface area contributed by atoms with E-state index in [1.807, 2.05) is 48.5 Å². The third kappa shape index (κ3) is 6.00. The van der Waals surface area contributed by atoms with Gasteiger partial charge in [-0.1, -0.05) is 42.5 Å². The van der Waals surface area contributed by atoms with Crippen molar-refractivity contribution in [1.82, 2.24) is 0 Å². The summed E-state index contributed by atoms with van der Waals surface area (Å²) in [6, 6.07) is 22.9. The van der Waals surface area contributed by atoms with Crippen molar-refractivity contribution in [2.24, 2.45) is 0 Å². The molecule has 7 heteroatoms. The highest BCUT2D eigenvalue weighted by atomic mass is 16.5. The molecule has 180 valence electrons. The molecule has 2 aliphatic rings. The molecule has 1 heterocycles. The molecule has 0 spiro atoms. The predicted molar refractivity (Wildman–Crippen MR) is 136 cm³/mol. The van der Waals surface area contributed by atoms with E-state index in [1.165, 1.54) is 18.4 Å². The summed E-state index contributed by atoms with van der Waals surface area (Å²) in [7, 11) is 0. The molecule has 1 saturated heterocycles. The summed E-state index contributed by atoms with van der Waals surface area (Å²) in [5.74, 6) is 0.432. The first kappa shape index (κ1) is 22.9. The largest absolute Gasteiger partial charge is 0.444 e. The minimum absolute atomic E-state index is 0.163. The standard InChI is InChI=1S/C28H29N3O4/c32-27(29-24-11-8-22(9-12-24)21-6-7-21)23-10-13-26(31-14-16-34-17-15-31)25(18-23)30-28(33)35-19-20-4-2-1-3-5-20/h1-5,8-13,18,21H,6-7,14-17,19H2,(H,29,32)(H,30,33). The molecule has 1 aliphatic carbocycles. The number of rotatable bonds is 7. The van der Waals surface area contributed by atoms with Crippen LogP contribution in [0, 0.1) is 0 Å². The van der Waals surface area contributed by atoms with Gasteiger partial charge in [0.25, 0.3) is 5.91 Å². The lowest BCUT2D eigenvalue weighted by Gasteiger charge is -2.30. The van der Waals surface area contributed by atoms with Crippen molar-refractivity contribution < 1.29 is 19.1 Å². The van der Waals surface area contributed by atoms with Gasteiger partial charge in [-0.15, -0.1) is 0 Å². The number of benzene rings is 3. The van der Waals surface area contributed by atoms with E-state index in [4.69, 9.17) is 9.47 Å². The van der Waals surface area contributed by atoms with Crippen LogP contribution in [0.3, 0.4) is 0 Å². The van der Waals surface area contributed by atoms with Crippen LogP contribution < -0.4 is 15.5 Å². The van der Waals surface area contributed by atoms with Gasteiger partial charge in [-0.25, -0.2) is 4.79 Å². The Bertz CT molecular complexity index is 1170. The molecule has 0 unspecified atom stereocenters. The van der Waals surface area contributed by atoms with Gasteiger partial charge in [0, 0.05) is 24.3 Å². The van der Waals surface area contributed by atoms with Crippen LogP contribution in [-0.4, -0.2) is 38.3 Å². The molecule has 35 heavy (non-hydrogen) atoms. The van der Waals surface area contributed by atoms with Crippen molar-refractivity contribution in [3.8, 4) is 0 Å². The van der Waals surface area contributed by atoms with Crippen LogP contribution >= 0.6 is 0 Å². The van der Waals surface area contributed by atoms with Crippen LogP contribution in [0.25, 0.3) is 0 Å². The Morgan fingerprint density at radius 1 is 0.914 bits per heavy atom. The van der Waals surface area contributed by atoms with Gasteiger partial charge in [0.1, 0.15) is 6.61 Å². The van der Waals surface area contributed by atoms with Crippen LogP contribution in [-0.2, 0) is 16.1 Å². The van der Waals surface area contributed by atoms with Crippen LogP contribution in [0.2, 0.25) is 0 Å². The summed E-state index contributed by atoms with van der Waals surface area (Å²) in [5, 5.41) is 5.79. The van der Waals surface area contributed by atoms with Gasteiger partial charge in [0.2, 0.25) is 0 Å². The number of carbonyl (C=O) groups is 2. The van der Waals surface area contributed by atoms with Gasteiger partial charge in [-0.2, -0.15) is 0 Å². The lowest BCUT2D eigenvalue weighted by atomic mass is 10.1. The smallest absolute Gasteiger partial charge is 0.412 e. The Kier molecular flexibility index (Phi) is 6.95. The molecular weight excluding hydrogens is 442 g/mol. The number of morpholine rings is 1. The highest BCUT2D eigenvalue weighted by Crippen LogP contribution is 2.40. The molecule has 3 aromatic rings. The Morgan fingerprint density at radius 2 is 1.66 bits per heavy atom. The molecule has 1 aliphatic heterocycles. The van der Waals surface area contributed by atoms with Crippen LogP contribution in [0.5, 0.6) is 0 Å². The first-order valence-electron chi connectivity index (χ1n) is 12.0. The normalized spacial score (nSPS) is 15.4. The zero-order chi connectivity index (χ0) is 24.0. The average Bonchev–Trinajstić information content (AvgIpc) is 3.75. The van der Waals surface area contributed by atoms with Crippen molar-refractivity contribution in [3.63, 3.8) is 0 Å². The number of ether oxygens (including phenoxy) is 2. The first-order valence-corrected chi connectivity index (χ1v) is 12.0. The molecular formula is C28H29N3O4. The molecule has 0 aromatic heterocycles. The van der Waals surface area contributed by atoms with E-state index >= 15 is 0 Å². The molecule has 0 atom stereocenters. The predicted octanol–water partition coefficient (Wildman–Crippen LogP) is 5.40. The lowest BCUT2D eigenvalue weighted by Crippen LogP contribution is -2.37. The van der Waals surface area contributed by atoms with Crippen LogP contribution in [0.15, 0.2) is 72.8 Å². The maximum atomic E-state index is 13.0. The highest BCUT2D eigenvalue weighted by molar-refractivity contribution is 6.06. The minimum Gasteiger partial charge on any atom is -0.444 e. The van der Waals surface area contributed by atoms with Crippen molar-refractivity contribution >= 4 is 29.1 Å². The van der Waals surface area contributed by atoms with E-state index in [0.717, 1.165) is 16.9 Å². The van der Waals surface area contributed by atoms with Gasteiger partial charge < -0.3 is 19.7 Å². The maximum absolute atomic E-state index is 13.0. The van der Waals surface area contributed by atoms with Gasteiger partial charge in [-0.05, 0) is 60.2 Å². The van der Waals surface area contributed by atoms with Crippen LogP contribution in [0.4, 0.5) is 21.9 Å². The summed E-state index contributed by atoms with van der Waals surface area (Å²) in [5.41, 5.74) is 4.77. The Hall–Kier alpha value is -3.84. The molecule has 1 saturated carbocycles. The van der Waals surface area contributed by atoms with E-state index in [-0.39, 0.29) is 12.5 Å². The monoisotopic (exact) mass is 471 g/mol. The minimum atomic E-state index is -0.573. The summed E-state index contributed by atoms with van der Waals surface area (Å²) in [4.78, 5) is 27.7. The van der Waals surface area contributed by atoms with Gasteiger partial charge >= 0.3 is 6.09 Å². The van der Waals surface area contributed by atoms with Gasteiger partial charge in [0.05, 0.1) is 24.6 Å². The SMILES string of the molecule is O=C(Nc1cc(C(=O)Nc2ccc(C3CC3)cc2)ccc1N1CCOCC1)OCc1ccccc1. The Labute approximate surface area is 205 Å². The topological polar surface area (TPSA) is 79.9 Å². The van der Waals surface area contributed by atoms with E-state index in [0.29, 0.717) is 43.5 Å². The maximum Gasteiger partial charge on any atom is 0.412 e. The Balaban J connectivity index is 1.31. The summed E-state index contributed by atoms with van der Waals surface area (Å²) in [6.45, 7) is 2.78. The fraction of sp³-hybridized carbons (Fsp3) is 0.286.